The molecular weight excluding hydrogens is 218 g/mol. The van der Waals surface area contributed by atoms with Crippen molar-refractivity contribution < 1.29 is 0 Å². The molecule has 0 aromatic heterocycles. The lowest BCUT2D eigenvalue weighted by Crippen LogP contribution is -2.14. The van der Waals surface area contributed by atoms with Crippen LogP contribution in [-0.4, -0.2) is 5.71 Å². The topological polar surface area (TPSA) is 12.4 Å². The first kappa shape index (κ1) is 12.8. The van der Waals surface area contributed by atoms with Crippen LogP contribution in [0, 0.1) is 11.8 Å². The Labute approximate surface area is 110 Å². The van der Waals surface area contributed by atoms with Crippen molar-refractivity contribution in [1.82, 2.24) is 0 Å². The molecule has 0 saturated carbocycles. The number of benzene rings is 2. The molecule has 2 aromatic rings. The van der Waals surface area contributed by atoms with Gasteiger partial charge in [-0.3, -0.25) is 4.99 Å². The van der Waals surface area contributed by atoms with Gasteiger partial charge in [-0.2, -0.15) is 0 Å². The van der Waals surface area contributed by atoms with E-state index in [0.29, 0.717) is 11.8 Å². The van der Waals surface area contributed by atoms with Gasteiger partial charge >= 0.3 is 0 Å². The highest BCUT2D eigenvalue weighted by Crippen LogP contribution is 2.27. The van der Waals surface area contributed by atoms with Crippen LogP contribution in [0.2, 0.25) is 0 Å². The summed E-state index contributed by atoms with van der Waals surface area (Å²) in [5.74, 6) is 0.980. The van der Waals surface area contributed by atoms with Crippen molar-refractivity contribution in [1.29, 1.82) is 0 Å². The van der Waals surface area contributed by atoms with E-state index in [4.69, 9.17) is 4.99 Å². The highest BCUT2D eigenvalue weighted by atomic mass is 14.8. The van der Waals surface area contributed by atoms with E-state index in [1.807, 2.05) is 0 Å². The van der Waals surface area contributed by atoms with Gasteiger partial charge < -0.3 is 0 Å². The lowest BCUT2D eigenvalue weighted by atomic mass is 9.97. The third-order valence-electron chi connectivity index (χ3n) is 3.20. The Morgan fingerprint density at radius 1 is 0.833 bits per heavy atom. The highest BCUT2D eigenvalue weighted by Gasteiger charge is 2.10. The molecule has 0 radical (unpaired) electrons. The summed E-state index contributed by atoms with van der Waals surface area (Å²) in [4.78, 5) is 4.90. The maximum Gasteiger partial charge on any atom is 0.0707 e. The second-order valence-electron chi connectivity index (χ2n) is 5.34. The lowest BCUT2D eigenvalue weighted by Gasteiger charge is -2.14. The summed E-state index contributed by atoms with van der Waals surface area (Å²) in [6.45, 7) is 8.85. The van der Waals surface area contributed by atoms with Crippen molar-refractivity contribution in [3.05, 3.63) is 42.5 Å². The molecule has 2 rings (SSSR count). The highest BCUT2D eigenvalue weighted by molar-refractivity contribution is 5.97. The molecule has 0 unspecified atom stereocenters. The summed E-state index contributed by atoms with van der Waals surface area (Å²) in [7, 11) is 0. The van der Waals surface area contributed by atoms with Crippen LogP contribution >= 0.6 is 0 Å². The van der Waals surface area contributed by atoms with Crippen LogP contribution in [0.4, 0.5) is 5.69 Å². The molecule has 2 aromatic carbocycles. The molecule has 0 saturated heterocycles. The molecule has 1 nitrogen and oxygen atoms in total. The number of hydrogen-bond donors (Lipinski definition) is 0. The predicted molar refractivity (Wildman–Crippen MR) is 80.7 cm³/mol. The van der Waals surface area contributed by atoms with Gasteiger partial charge in [-0.15, -0.1) is 0 Å². The zero-order valence-electron chi connectivity index (χ0n) is 11.6. The van der Waals surface area contributed by atoms with Gasteiger partial charge in [0.1, 0.15) is 0 Å². The van der Waals surface area contributed by atoms with Crippen LogP contribution in [0.1, 0.15) is 27.7 Å². The third kappa shape index (κ3) is 2.61. The molecular formula is C17H21N. The molecule has 0 N–H and O–H groups in total. The molecule has 0 atom stereocenters. The van der Waals surface area contributed by atoms with Crippen LogP contribution in [0.3, 0.4) is 0 Å². The van der Waals surface area contributed by atoms with Gasteiger partial charge in [-0.25, -0.2) is 0 Å². The van der Waals surface area contributed by atoms with Gasteiger partial charge in [0.2, 0.25) is 0 Å². The molecule has 1 heteroatoms. The second kappa shape index (κ2) is 5.34. The molecule has 0 spiro atoms. The van der Waals surface area contributed by atoms with Gasteiger partial charge in [0, 0.05) is 11.1 Å². The first-order valence-corrected chi connectivity index (χ1v) is 6.66. The van der Waals surface area contributed by atoms with Crippen molar-refractivity contribution in [2.75, 3.05) is 0 Å². The minimum absolute atomic E-state index is 0.490. The number of hydrogen-bond acceptors (Lipinski definition) is 1. The van der Waals surface area contributed by atoms with Crippen LogP contribution in [-0.2, 0) is 0 Å². The molecule has 0 aliphatic rings. The Morgan fingerprint density at radius 2 is 1.44 bits per heavy atom. The average Bonchev–Trinajstić information content (AvgIpc) is 2.35. The maximum absolute atomic E-state index is 4.90. The van der Waals surface area contributed by atoms with E-state index in [0.717, 1.165) is 5.69 Å². The first-order valence-electron chi connectivity index (χ1n) is 6.66. The monoisotopic (exact) mass is 239 g/mol. The minimum Gasteiger partial charge on any atom is -0.257 e. The van der Waals surface area contributed by atoms with E-state index >= 15 is 0 Å². The fraction of sp³-hybridized carbons (Fsp3) is 0.353. The zero-order chi connectivity index (χ0) is 13.1. The smallest absolute Gasteiger partial charge is 0.0707 e. The number of aliphatic imine (C=N–C) groups is 1. The molecule has 0 aliphatic carbocycles. The molecule has 0 fully saturated rings. The summed E-state index contributed by atoms with van der Waals surface area (Å²) >= 11 is 0. The fourth-order valence-corrected chi connectivity index (χ4v) is 2.37. The van der Waals surface area contributed by atoms with E-state index in [9.17, 15) is 0 Å². The quantitative estimate of drug-likeness (QED) is 0.651. The van der Waals surface area contributed by atoms with Crippen molar-refractivity contribution in [2.45, 2.75) is 27.7 Å². The number of rotatable bonds is 3. The Balaban J connectivity index is 2.57. The molecule has 0 heterocycles. The van der Waals surface area contributed by atoms with Gasteiger partial charge in [0.15, 0.2) is 0 Å². The first-order chi connectivity index (χ1) is 8.59. The van der Waals surface area contributed by atoms with Crippen LogP contribution in [0.25, 0.3) is 10.8 Å². The Bertz CT molecular complexity index is 549. The van der Waals surface area contributed by atoms with Gasteiger partial charge in [-0.1, -0.05) is 64.1 Å². The Hall–Kier alpha value is -1.63. The van der Waals surface area contributed by atoms with E-state index in [2.05, 4.69) is 70.2 Å². The summed E-state index contributed by atoms with van der Waals surface area (Å²) < 4.78 is 0. The molecule has 0 bridgehead atoms. The summed E-state index contributed by atoms with van der Waals surface area (Å²) in [6.07, 6.45) is 0. The predicted octanol–water partition coefficient (Wildman–Crippen LogP) is 5.22. The van der Waals surface area contributed by atoms with E-state index in [1.165, 1.54) is 16.5 Å². The molecule has 0 amide bonds. The van der Waals surface area contributed by atoms with Crippen LogP contribution in [0.15, 0.2) is 47.5 Å². The van der Waals surface area contributed by atoms with Gasteiger partial charge in [0.25, 0.3) is 0 Å². The maximum atomic E-state index is 4.90. The van der Waals surface area contributed by atoms with Gasteiger partial charge in [-0.05, 0) is 23.3 Å². The van der Waals surface area contributed by atoms with E-state index in [1.54, 1.807) is 0 Å². The van der Waals surface area contributed by atoms with Crippen LogP contribution in [0.5, 0.6) is 0 Å². The van der Waals surface area contributed by atoms with Crippen molar-refractivity contribution >= 4 is 22.2 Å². The SMILES string of the molecule is CC(C)C(=Nc1cccc2ccccc12)C(C)C. The summed E-state index contributed by atoms with van der Waals surface area (Å²) in [5, 5.41) is 2.49. The van der Waals surface area contributed by atoms with E-state index in [-0.39, 0.29) is 0 Å². The van der Waals surface area contributed by atoms with Gasteiger partial charge in [0.05, 0.1) is 5.69 Å². The zero-order valence-corrected chi connectivity index (χ0v) is 11.6. The normalized spacial score (nSPS) is 11.2. The lowest BCUT2D eigenvalue weighted by molar-refractivity contribution is 0.765. The number of fused-ring (bicyclic) bond motifs is 1. The molecule has 0 aliphatic heterocycles. The average molecular weight is 239 g/mol. The Morgan fingerprint density at radius 3 is 2.11 bits per heavy atom. The minimum atomic E-state index is 0.490. The van der Waals surface area contributed by atoms with E-state index < -0.39 is 0 Å². The Kier molecular flexibility index (Phi) is 3.81. The fourth-order valence-electron chi connectivity index (χ4n) is 2.37. The molecule has 94 valence electrons. The van der Waals surface area contributed by atoms with Crippen molar-refractivity contribution in [3.63, 3.8) is 0 Å². The largest absolute Gasteiger partial charge is 0.257 e. The third-order valence-corrected chi connectivity index (χ3v) is 3.20. The van der Waals surface area contributed by atoms with Crippen molar-refractivity contribution in [2.24, 2.45) is 16.8 Å². The van der Waals surface area contributed by atoms with Crippen LogP contribution < -0.4 is 0 Å². The second-order valence-corrected chi connectivity index (χ2v) is 5.34. The standard InChI is InChI=1S/C17H21N/c1-12(2)17(13(3)4)18-16-11-7-9-14-8-5-6-10-15(14)16/h5-13H,1-4H3. The number of nitrogens with zero attached hydrogens (tertiary/aromatic N) is 1. The molecule has 18 heavy (non-hydrogen) atoms. The summed E-state index contributed by atoms with van der Waals surface area (Å²) in [6, 6.07) is 14.8. The van der Waals surface area contributed by atoms with Crippen molar-refractivity contribution in [3.8, 4) is 0 Å². The summed E-state index contributed by atoms with van der Waals surface area (Å²) in [5.41, 5.74) is 2.36.